The molecule has 16 heavy (non-hydrogen) atoms. The van der Waals surface area contributed by atoms with Gasteiger partial charge in [0.1, 0.15) is 5.60 Å². The number of ether oxygens (including phenoxy) is 1. The first-order valence-electron chi connectivity index (χ1n) is 5.99. The van der Waals surface area contributed by atoms with Crippen molar-refractivity contribution >= 4 is 6.09 Å². The average molecular weight is 229 g/mol. The van der Waals surface area contributed by atoms with E-state index in [-0.39, 0.29) is 18.1 Å². The van der Waals surface area contributed by atoms with Gasteiger partial charge in [0.05, 0.1) is 6.10 Å². The highest BCUT2D eigenvalue weighted by atomic mass is 16.6. The van der Waals surface area contributed by atoms with Gasteiger partial charge in [0.15, 0.2) is 0 Å². The lowest BCUT2D eigenvalue weighted by molar-refractivity contribution is -0.0324. The van der Waals surface area contributed by atoms with Crippen molar-refractivity contribution in [1.82, 2.24) is 4.90 Å². The number of likely N-dealkylation sites (tertiary alicyclic amines) is 1. The Morgan fingerprint density at radius 2 is 2.06 bits per heavy atom. The molecule has 1 rings (SSSR count). The summed E-state index contributed by atoms with van der Waals surface area (Å²) in [5.74, 6) is 0.229. The highest BCUT2D eigenvalue weighted by Crippen LogP contribution is 2.24. The molecule has 1 amide bonds. The molecule has 0 saturated carbocycles. The largest absolute Gasteiger partial charge is 0.444 e. The Hall–Kier alpha value is -0.770. The van der Waals surface area contributed by atoms with Gasteiger partial charge in [-0.15, -0.1) is 0 Å². The number of carbonyl (C=O) groups is 1. The fourth-order valence-corrected chi connectivity index (χ4v) is 1.76. The second-order valence-electron chi connectivity index (χ2n) is 5.50. The van der Waals surface area contributed by atoms with Crippen LogP contribution in [0.1, 0.15) is 40.5 Å². The Morgan fingerprint density at radius 1 is 1.50 bits per heavy atom. The molecule has 1 N–H and O–H groups in total. The van der Waals surface area contributed by atoms with E-state index in [0.717, 1.165) is 12.8 Å². The normalized spacial score (nSPS) is 19.2. The SMILES string of the molecule is CCC[C@@H](O)C1CN(C(=O)OC(C)(C)C)C1. The van der Waals surface area contributed by atoms with Crippen LogP contribution in [0, 0.1) is 5.92 Å². The van der Waals surface area contributed by atoms with Crippen LogP contribution in [0.2, 0.25) is 0 Å². The van der Waals surface area contributed by atoms with Crippen LogP contribution in [0.5, 0.6) is 0 Å². The molecule has 1 aliphatic rings. The first-order chi connectivity index (χ1) is 7.33. The molecule has 1 fully saturated rings. The van der Waals surface area contributed by atoms with Crippen molar-refractivity contribution in [2.75, 3.05) is 13.1 Å². The number of aliphatic hydroxyl groups excluding tert-OH is 1. The summed E-state index contributed by atoms with van der Waals surface area (Å²) in [4.78, 5) is 13.2. The number of aliphatic hydroxyl groups is 1. The zero-order valence-corrected chi connectivity index (χ0v) is 10.7. The zero-order valence-electron chi connectivity index (χ0n) is 10.7. The molecule has 0 unspecified atom stereocenters. The van der Waals surface area contributed by atoms with E-state index in [1.54, 1.807) is 4.90 Å². The van der Waals surface area contributed by atoms with E-state index >= 15 is 0 Å². The standard InChI is InChI=1S/C12H23NO3/c1-5-6-10(14)9-7-13(8-9)11(15)16-12(2,3)4/h9-10,14H,5-8H2,1-4H3/t10-/m1/s1. The summed E-state index contributed by atoms with van der Waals surface area (Å²) in [6.07, 6.45) is 1.24. The van der Waals surface area contributed by atoms with E-state index < -0.39 is 5.60 Å². The summed E-state index contributed by atoms with van der Waals surface area (Å²) in [6.45, 7) is 8.86. The maximum Gasteiger partial charge on any atom is 0.410 e. The summed E-state index contributed by atoms with van der Waals surface area (Å²) in [5, 5.41) is 9.72. The Kier molecular flexibility index (Phi) is 4.19. The van der Waals surface area contributed by atoms with Crippen LogP contribution < -0.4 is 0 Å². The van der Waals surface area contributed by atoms with Crippen LogP contribution in [0.25, 0.3) is 0 Å². The molecule has 4 nitrogen and oxygen atoms in total. The number of amides is 1. The highest BCUT2D eigenvalue weighted by Gasteiger charge is 2.36. The summed E-state index contributed by atoms with van der Waals surface area (Å²) < 4.78 is 5.24. The minimum absolute atomic E-state index is 0.229. The average Bonchev–Trinajstić information content (AvgIpc) is 1.97. The molecule has 0 aromatic heterocycles. The Balaban J connectivity index is 2.28. The van der Waals surface area contributed by atoms with Crippen LogP contribution >= 0.6 is 0 Å². The number of carbonyl (C=O) groups excluding carboxylic acids is 1. The quantitative estimate of drug-likeness (QED) is 0.805. The van der Waals surface area contributed by atoms with Gasteiger partial charge < -0.3 is 14.7 Å². The molecule has 0 spiro atoms. The predicted octanol–water partition coefficient (Wildman–Crippen LogP) is 2.01. The van der Waals surface area contributed by atoms with E-state index in [0.29, 0.717) is 13.1 Å². The van der Waals surface area contributed by atoms with Gasteiger partial charge in [0, 0.05) is 19.0 Å². The van der Waals surface area contributed by atoms with Gasteiger partial charge in [-0.2, -0.15) is 0 Å². The third kappa shape index (κ3) is 3.67. The lowest BCUT2D eigenvalue weighted by Crippen LogP contribution is -2.55. The van der Waals surface area contributed by atoms with E-state index in [1.807, 2.05) is 27.7 Å². The first kappa shape index (κ1) is 13.3. The molecule has 1 heterocycles. The molecule has 0 aliphatic carbocycles. The molecular weight excluding hydrogens is 206 g/mol. The van der Waals surface area contributed by atoms with Crippen molar-refractivity contribution in [3.63, 3.8) is 0 Å². The molecular formula is C12H23NO3. The molecule has 0 radical (unpaired) electrons. The molecule has 4 heteroatoms. The summed E-state index contributed by atoms with van der Waals surface area (Å²) in [6, 6.07) is 0. The second-order valence-corrected chi connectivity index (χ2v) is 5.50. The third-order valence-corrected chi connectivity index (χ3v) is 2.69. The van der Waals surface area contributed by atoms with Crippen LogP contribution in [0.3, 0.4) is 0 Å². The predicted molar refractivity (Wildman–Crippen MR) is 62.2 cm³/mol. The first-order valence-corrected chi connectivity index (χ1v) is 5.99. The second kappa shape index (κ2) is 5.04. The van der Waals surface area contributed by atoms with Crippen molar-refractivity contribution in [2.24, 2.45) is 5.92 Å². The summed E-state index contributed by atoms with van der Waals surface area (Å²) in [7, 11) is 0. The topological polar surface area (TPSA) is 49.8 Å². The molecule has 0 bridgehead atoms. The minimum Gasteiger partial charge on any atom is -0.444 e. The van der Waals surface area contributed by atoms with Crippen LogP contribution in [-0.2, 0) is 4.74 Å². The van der Waals surface area contributed by atoms with Gasteiger partial charge in [-0.1, -0.05) is 13.3 Å². The van der Waals surface area contributed by atoms with Crippen LogP contribution in [-0.4, -0.2) is 40.9 Å². The molecule has 94 valence electrons. The van der Waals surface area contributed by atoms with E-state index in [2.05, 4.69) is 0 Å². The van der Waals surface area contributed by atoms with E-state index in [1.165, 1.54) is 0 Å². The van der Waals surface area contributed by atoms with E-state index in [9.17, 15) is 9.90 Å². The third-order valence-electron chi connectivity index (χ3n) is 2.69. The lowest BCUT2D eigenvalue weighted by Gasteiger charge is -2.41. The van der Waals surface area contributed by atoms with Crippen molar-refractivity contribution < 1.29 is 14.6 Å². The Bertz CT molecular complexity index is 241. The monoisotopic (exact) mass is 229 g/mol. The lowest BCUT2D eigenvalue weighted by atomic mass is 9.91. The van der Waals surface area contributed by atoms with Gasteiger partial charge >= 0.3 is 6.09 Å². The van der Waals surface area contributed by atoms with Gasteiger partial charge in [-0.25, -0.2) is 4.79 Å². The number of hydrogen-bond donors (Lipinski definition) is 1. The molecule has 1 aliphatic heterocycles. The zero-order chi connectivity index (χ0) is 12.3. The highest BCUT2D eigenvalue weighted by molar-refractivity contribution is 5.69. The molecule has 1 atom stereocenters. The van der Waals surface area contributed by atoms with Crippen molar-refractivity contribution in [1.29, 1.82) is 0 Å². The number of rotatable bonds is 3. The van der Waals surface area contributed by atoms with Gasteiger partial charge in [-0.05, 0) is 27.2 Å². The van der Waals surface area contributed by atoms with Crippen LogP contribution in [0.15, 0.2) is 0 Å². The fourth-order valence-electron chi connectivity index (χ4n) is 1.76. The Labute approximate surface area is 97.6 Å². The van der Waals surface area contributed by atoms with Crippen LogP contribution in [0.4, 0.5) is 4.79 Å². The van der Waals surface area contributed by atoms with Gasteiger partial charge in [0.25, 0.3) is 0 Å². The summed E-state index contributed by atoms with van der Waals surface area (Å²) >= 11 is 0. The molecule has 0 aromatic carbocycles. The summed E-state index contributed by atoms with van der Waals surface area (Å²) in [5.41, 5.74) is -0.440. The molecule has 1 saturated heterocycles. The number of nitrogens with zero attached hydrogens (tertiary/aromatic N) is 1. The van der Waals surface area contributed by atoms with Crippen molar-refractivity contribution in [2.45, 2.75) is 52.2 Å². The number of hydrogen-bond acceptors (Lipinski definition) is 3. The van der Waals surface area contributed by atoms with Gasteiger partial charge in [0.2, 0.25) is 0 Å². The maximum absolute atomic E-state index is 11.6. The van der Waals surface area contributed by atoms with Crippen molar-refractivity contribution in [3.8, 4) is 0 Å². The smallest absolute Gasteiger partial charge is 0.410 e. The molecule has 0 aromatic rings. The van der Waals surface area contributed by atoms with Crippen molar-refractivity contribution in [3.05, 3.63) is 0 Å². The maximum atomic E-state index is 11.6. The Morgan fingerprint density at radius 3 is 2.50 bits per heavy atom. The van der Waals surface area contributed by atoms with E-state index in [4.69, 9.17) is 4.74 Å². The minimum atomic E-state index is -0.440. The van der Waals surface area contributed by atoms with Gasteiger partial charge in [-0.3, -0.25) is 0 Å². The fraction of sp³-hybridized carbons (Fsp3) is 0.917.